The lowest BCUT2D eigenvalue weighted by molar-refractivity contribution is 0.591. The molecule has 0 aliphatic carbocycles. The minimum atomic E-state index is -3.87. The molecule has 0 bridgehead atoms. The number of hydrogen-bond donors (Lipinski definition) is 1. The lowest BCUT2D eigenvalue weighted by Crippen LogP contribution is -2.29. The highest BCUT2D eigenvalue weighted by Gasteiger charge is 2.35. The van der Waals surface area contributed by atoms with Crippen molar-refractivity contribution in [3.63, 3.8) is 0 Å². The highest BCUT2D eigenvalue weighted by Crippen LogP contribution is 2.41. The third kappa shape index (κ3) is 3.47. The van der Waals surface area contributed by atoms with Crippen molar-refractivity contribution >= 4 is 26.0 Å². The number of halogens is 1. The Morgan fingerprint density at radius 1 is 0.885 bits per heavy atom. The van der Waals surface area contributed by atoms with Crippen LogP contribution in [0.25, 0.3) is 0 Å². The van der Waals surface area contributed by atoms with Gasteiger partial charge >= 0.3 is 0 Å². The molecule has 0 radical (unpaired) electrons. The van der Waals surface area contributed by atoms with E-state index in [4.69, 9.17) is 5.14 Å². The third-order valence-electron chi connectivity index (χ3n) is 4.75. The average molecular weight is 430 g/mol. The van der Waals surface area contributed by atoms with Gasteiger partial charge < -0.3 is 0 Å². The van der Waals surface area contributed by atoms with Gasteiger partial charge in [-0.1, -0.05) is 88.7 Å². The molecule has 0 amide bonds. The summed E-state index contributed by atoms with van der Waals surface area (Å²) in [5.74, 6) is 0. The van der Waals surface area contributed by atoms with Gasteiger partial charge in [0.15, 0.2) is 0 Å². The molecule has 0 atom stereocenters. The topological polar surface area (TPSA) is 60.2 Å². The number of alkyl halides is 1. The van der Waals surface area contributed by atoms with E-state index >= 15 is 0 Å². The number of hydrogen-bond acceptors (Lipinski definition) is 2. The molecule has 0 spiro atoms. The maximum absolute atomic E-state index is 12.3. The summed E-state index contributed by atoms with van der Waals surface area (Å²) in [5, 5.41) is 6.19. The molecule has 0 aliphatic rings. The van der Waals surface area contributed by atoms with Crippen LogP contribution in [-0.4, -0.2) is 8.42 Å². The van der Waals surface area contributed by atoms with Crippen LogP contribution in [0.1, 0.15) is 29.2 Å². The summed E-state index contributed by atoms with van der Waals surface area (Å²) in [5.41, 5.74) is 3.01. The summed E-state index contributed by atoms with van der Waals surface area (Å²) in [4.78, 5) is 0.150. The fourth-order valence-corrected chi connectivity index (χ4v) is 4.50. The van der Waals surface area contributed by atoms with Crippen LogP contribution in [0.3, 0.4) is 0 Å². The van der Waals surface area contributed by atoms with E-state index in [1.807, 2.05) is 73.7 Å². The van der Waals surface area contributed by atoms with Gasteiger partial charge in [-0.25, -0.2) is 13.6 Å². The Morgan fingerprint density at radius 2 is 1.38 bits per heavy atom. The van der Waals surface area contributed by atoms with Crippen molar-refractivity contribution in [1.29, 1.82) is 0 Å². The largest absolute Gasteiger partial charge is 0.238 e. The van der Waals surface area contributed by atoms with Crippen molar-refractivity contribution in [3.8, 4) is 0 Å². The first-order valence-electron chi connectivity index (χ1n) is 8.20. The molecule has 0 aromatic heterocycles. The van der Waals surface area contributed by atoms with Crippen LogP contribution < -0.4 is 5.14 Å². The predicted molar refractivity (Wildman–Crippen MR) is 109 cm³/mol. The molecule has 0 saturated carbocycles. The molecule has 0 heterocycles. The smallest absolute Gasteiger partial charge is 0.225 e. The monoisotopic (exact) mass is 429 g/mol. The number of nitrogens with two attached hydrogens (primary N) is 1. The number of sulfonamides is 1. The van der Waals surface area contributed by atoms with Gasteiger partial charge in [0.05, 0.1) is 4.90 Å². The molecule has 0 saturated heterocycles. The predicted octanol–water partition coefficient (Wildman–Crippen LogP) is 4.58. The van der Waals surface area contributed by atoms with Crippen LogP contribution >= 0.6 is 15.9 Å². The standard InChI is InChI=1S/C21H20BrNO2S/c1-21(17-8-4-2-5-9-17,18-10-6-3-7-11-18)19-14-16(15-22)12-13-20(19)26(23,24)25/h2-14H,15H2,1H3,(H2,23,24,25). The number of benzene rings is 3. The summed E-state index contributed by atoms with van der Waals surface area (Å²) in [6.45, 7) is 2.04. The van der Waals surface area contributed by atoms with E-state index in [1.165, 1.54) is 0 Å². The Hall–Kier alpha value is -1.95. The summed E-state index contributed by atoms with van der Waals surface area (Å²) >= 11 is 3.47. The fourth-order valence-electron chi connectivity index (χ4n) is 3.32. The Labute approximate surface area is 163 Å². The van der Waals surface area contributed by atoms with Gasteiger partial charge in [0, 0.05) is 10.7 Å². The molecule has 2 N–H and O–H groups in total. The Balaban J connectivity index is 2.41. The van der Waals surface area contributed by atoms with Gasteiger partial charge in [0.2, 0.25) is 10.0 Å². The van der Waals surface area contributed by atoms with Gasteiger partial charge in [-0.15, -0.1) is 0 Å². The number of rotatable bonds is 5. The lowest BCUT2D eigenvalue weighted by atomic mass is 9.71. The molecule has 0 unspecified atom stereocenters. The van der Waals surface area contributed by atoms with Crippen molar-refractivity contribution in [2.45, 2.75) is 22.6 Å². The van der Waals surface area contributed by atoms with E-state index in [1.54, 1.807) is 12.1 Å². The quantitative estimate of drug-likeness (QED) is 0.476. The van der Waals surface area contributed by atoms with E-state index in [2.05, 4.69) is 15.9 Å². The van der Waals surface area contributed by atoms with Crippen molar-refractivity contribution < 1.29 is 8.42 Å². The van der Waals surface area contributed by atoms with Crippen LogP contribution in [0.15, 0.2) is 83.8 Å². The van der Waals surface area contributed by atoms with E-state index in [9.17, 15) is 8.42 Å². The molecule has 3 nitrogen and oxygen atoms in total. The minimum Gasteiger partial charge on any atom is -0.225 e. The van der Waals surface area contributed by atoms with Gasteiger partial charge in [-0.3, -0.25) is 0 Å². The third-order valence-corrected chi connectivity index (χ3v) is 6.36. The summed E-state index contributed by atoms with van der Waals surface area (Å²) in [6, 6.07) is 25.1. The maximum Gasteiger partial charge on any atom is 0.238 e. The van der Waals surface area contributed by atoms with Crippen LogP contribution in [0, 0.1) is 0 Å². The molecule has 3 aromatic carbocycles. The van der Waals surface area contributed by atoms with Gasteiger partial charge in [-0.2, -0.15) is 0 Å². The zero-order valence-corrected chi connectivity index (χ0v) is 16.8. The van der Waals surface area contributed by atoms with Crippen LogP contribution in [0.2, 0.25) is 0 Å². The van der Waals surface area contributed by atoms with Gasteiger partial charge in [-0.05, 0) is 35.2 Å². The molecule has 3 rings (SSSR count). The summed E-state index contributed by atoms with van der Waals surface area (Å²) in [6.07, 6.45) is 0. The minimum absolute atomic E-state index is 0.150. The lowest BCUT2D eigenvalue weighted by Gasteiger charge is -2.33. The van der Waals surface area contributed by atoms with E-state index < -0.39 is 15.4 Å². The van der Waals surface area contributed by atoms with Gasteiger partial charge in [0.1, 0.15) is 0 Å². The molecular formula is C21H20BrNO2S. The molecule has 0 fully saturated rings. The van der Waals surface area contributed by atoms with Crippen molar-refractivity contribution in [3.05, 3.63) is 101 Å². The van der Waals surface area contributed by atoms with E-state index in [0.29, 0.717) is 10.9 Å². The van der Waals surface area contributed by atoms with Crippen LogP contribution in [0.4, 0.5) is 0 Å². The van der Waals surface area contributed by atoms with E-state index in [-0.39, 0.29) is 4.90 Å². The molecule has 134 valence electrons. The van der Waals surface area contributed by atoms with Crippen molar-refractivity contribution in [1.82, 2.24) is 0 Å². The Morgan fingerprint density at radius 3 is 1.81 bits per heavy atom. The highest BCUT2D eigenvalue weighted by atomic mass is 79.9. The van der Waals surface area contributed by atoms with Gasteiger partial charge in [0.25, 0.3) is 0 Å². The summed E-state index contributed by atoms with van der Waals surface area (Å²) in [7, 11) is -3.87. The summed E-state index contributed by atoms with van der Waals surface area (Å²) < 4.78 is 24.7. The second kappa shape index (κ2) is 7.35. The van der Waals surface area contributed by atoms with E-state index in [0.717, 1.165) is 16.7 Å². The normalized spacial score (nSPS) is 12.1. The molecule has 26 heavy (non-hydrogen) atoms. The zero-order valence-electron chi connectivity index (χ0n) is 14.4. The first kappa shape index (κ1) is 18.8. The Kier molecular flexibility index (Phi) is 5.32. The van der Waals surface area contributed by atoms with Crippen LogP contribution in [0.5, 0.6) is 0 Å². The van der Waals surface area contributed by atoms with Crippen LogP contribution in [-0.2, 0) is 20.8 Å². The first-order chi connectivity index (χ1) is 12.4. The molecule has 0 aliphatic heterocycles. The fraction of sp³-hybridized carbons (Fsp3) is 0.143. The SMILES string of the molecule is CC(c1ccccc1)(c1ccccc1)c1cc(CBr)ccc1S(N)(=O)=O. The highest BCUT2D eigenvalue weighted by molar-refractivity contribution is 9.08. The second-order valence-corrected chi connectivity index (χ2v) is 8.46. The molecular weight excluding hydrogens is 410 g/mol. The molecule has 5 heteroatoms. The Bertz CT molecular complexity index is 963. The number of primary sulfonamides is 1. The van der Waals surface area contributed by atoms with Crippen molar-refractivity contribution in [2.24, 2.45) is 5.14 Å². The van der Waals surface area contributed by atoms with Crippen molar-refractivity contribution in [2.75, 3.05) is 0 Å². The second-order valence-electron chi connectivity index (χ2n) is 6.37. The average Bonchev–Trinajstić information content (AvgIpc) is 2.67. The first-order valence-corrected chi connectivity index (χ1v) is 10.9. The molecule has 3 aromatic rings. The maximum atomic E-state index is 12.3. The zero-order chi connectivity index (χ0) is 18.8.